The quantitative estimate of drug-likeness (QED) is 0.00660. The van der Waals surface area contributed by atoms with Gasteiger partial charge in [-0.3, -0.25) is 71.0 Å². The molecule has 144 heavy (non-hydrogen) atoms. The number of amides is 5. The predicted octanol–water partition coefficient (Wildman–Crippen LogP) is 3.31. The van der Waals surface area contributed by atoms with Gasteiger partial charge in [-0.15, -0.1) is 0 Å². The fourth-order valence-electron chi connectivity index (χ4n) is 13.7. The molecule has 10 heterocycles. The van der Waals surface area contributed by atoms with Gasteiger partial charge in [0.25, 0.3) is 28.5 Å². The summed E-state index contributed by atoms with van der Waals surface area (Å²) < 4.78 is 170. The number of nitrogen functional groups attached to an aromatic ring is 1. The number of hydrogen-bond donors (Lipinski definition) is 11. The summed E-state index contributed by atoms with van der Waals surface area (Å²) in [4.78, 5) is 181. The maximum absolute atomic E-state index is 14.5. The molecule has 9 aromatic rings. The van der Waals surface area contributed by atoms with E-state index in [1.807, 2.05) is 4.98 Å². The summed E-state index contributed by atoms with van der Waals surface area (Å²) in [6.07, 6.45) is -9.50. The zero-order valence-corrected chi connectivity index (χ0v) is 79.2. The SMILES string of the molecule is Nc1ccn([C@@H]2O[C@H](CO)C[C@H]2F)c(=O)n1.O=C(Cl)c1ccc(CO)cc1.O=c1ccn([C@@H]2O[C@H](CO)C[C@H]2F)c(=O)[nH]1.[2H]B([3H])CSOC[C@@H]1C[C@@H](F)[C@H](n2ccc(NC(=O)c3ccc(CO)cc3)nc2=O)O1.[2H]B([3H])CSOC[C@@H]1C[C@@H](F)[C@H](n2ccc(NC(=O)c3ccc(COC(=O)CCC(=O)NC)cc3)nc2=O)O1.[2H]C([3H])OC[C@@H]1C[C@@H](F)[C@H](n2ccc(NC(=O)c3ccc(COC(=O)CCC(=O)NC)cc3)nc2=O)O1. The third-order valence-corrected chi connectivity index (χ3v) is 22.2. The van der Waals surface area contributed by atoms with Crippen LogP contribution in [0.25, 0.3) is 0 Å². The first-order valence-electron chi connectivity index (χ1n) is 47.3. The second-order valence-electron chi connectivity index (χ2n) is 31.3. The van der Waals surface area contributed by atoms with Crippen molar-refractivity contribution in [1.82, 2.24) is 58.4 Å². The number of esters is 2. The maximum atomic E-state index is 14.5. The van der Waals surface area contributed by atoms with Crippen LogP contribution in [-0.4, -0.2) is 263 Å². The largest absolute Gasteiger partial charge is 0.461 e. The van der Waals surface area contributed by atoms with Gasteiger partial charge in [-0.05, 0) is 147 Å². The topological polar surface area (TPSA) is 590 Å². The van der Waals surface area contributed by atoms with Crippen molar-refractivity contribution in [2.45, 2.75) is 177 Å². The van der Waals surface area contributed by atoms with E-state index in [0.717, 1.165) is 58.6 Å². The molecule has 5 amide bonds. The highest BCUT2D eigenvalue weighted by atomic mass is 35.5. The Balaban J connectivity index is 0.000000209. The van der Waals surface area contributed by atoms with Crippen molar-refractivity contribution in [3.05, 3.63) is 266 Å². The Bertz CT molecular complexity index is 6350. The van der Waals surface area contributed by atoms with Gasteiger partial charge in [0.15, 0.2) is 31.1 Å². The second kappa shape index (κ2) is 58.2. The lowest BCUT2D eigenvalue weighted by atomic mass is 10.1. The Hall–Kier alpha value is -12.9. The second-order valence-corrected chi connectivity index (χ2v) is 33.3. The van der Waals surface area contributed by atoms with E-state index in [0.29, 0.717) is 27.8 Å². The van der Waals surface area contributed by atoms with Crippen molar-refractivity contribution in [1.29, 1.82) is 5.34 Å². The number of aliphatic hydroxyl groups excluding tert-OH is 4. The number of nitrogens with zero attached hydrogens (tertiary/aromatic N) is 9. The van der Waals surface area contributed by atoms with Gasteiger partial charge in [0.2, 0.25) is 11.8 Å². The van der Waals surface area contributed by atoms with Crippen LogP contribution in [0.4, 0.5) is 45.2 Å². The number of aromatic nitrogens is 10. The summed E-state index contributed by atoms with van der Waals surface area (Å²) in [6, 6.07) is 31.8. The van der Waals surface area contributed by atoms with Crippen molar-refractivity contribution < 1.29 is 130 Å². The molecule has 0 radical (unpaired) electrons. The van der Waals surface area contributed by atoms with Crippen LogP contribution in [0.3, 0.4) is 0 Å². The van der Waals surface area contributed by atoms with Crippen LogP contribution in [0.15, 0.2) is 187 Å². The van der Waals surface area contributed by atoms with E-state index in [-0.39, 0.29) is 175 Å². The molecule has 44 nitrogen and oxygen atoms in total. The minimum atomic E-state index is -1.52. The minimum Gasteiger partial charge on any atom is -0.461 e. The lowest BCUT2D eigenvalue weighted by molar-refractivity contribution is -0.146. The molecule has 0 saturated carbocycles. The number of halogens is 6. The van der Waals surface area contributed by atoms with E-state index in [9.17, 15) is 89.1 Å². The maximum Gasteiger partial charge on any atom is 0.351 e. The fourth-order valence-corrected chi connectivity index (χ4v) is 14.6. The first kappa shape index (κ1) is 105. The lowest BCUT2D eigenvalue weighted by Gasteiger charge is -2.16. The Kier molecular flexibility index (Phi) is 42.6. The Morgan fingerprint density at radius 3 is 1.10 bits per heavy atom. The Labute approximate surface area is 840 Å². The molecule has 0 bridgehead atoms. The Morgan fingerprint density at radius 1 is 0.472 bits per heavy atom. The Morgan fingerprint density at radius 2 is 0.792 bits per heavy atom. The van der Waals surface area contributed by atoms with Crippen molar-refractivity contribution in [2.24, 2.45) is 0 Å². The highest BCUT2D eigenvalue weighted by Gasteiger charge is 2.42. The van der Waals surface area contributed by atoms with E-state index in [4.69, 9.17) is 92.1 Å². The number of carbonyl (C=O) groups is 8. The molecule has 5 aliphatic rings. The standard InChI is InChI=1S/C23H28BFN4O7S.C23H27FN4O7.C18H21BFN3O5S.C9H12FN3O3.C9H11FN2O4.C8H7ClO2/c1-26-19(30)6-7-20(31)34-11-14-2-4-15(5-3-14)21(32)27-18-8-9-29(23(33)28-18)22-17(25)10-16(36-22)12-35-37-13-24;1-25-19(29)7-8-20(30)34-12-14-3-5-15(6-4-14)21(31)26-18-9-10-28(23(32)27-18)22-17(24)11-16(35-22)13-33-2;19-10-29-27-9-13-7-14(20)17(28-13)23-6-5-15(22-18(23)26)21-16(25)12-3-1-11(8-24)2-4-12;10-6-3-5(4-14)16-8(6)13-2-1-7(11)12-9(13)15;10-6-3-5(4-13)16-8(6)12-2-1-7(14)11-9(12)15;9-8(11)7-3-1-6(5-10)2-4-7/h2-5,8-9,16-17,22H,6-7,10-13,24H2,1H3,(H,26,30)(H,27,28,32,33);3-6,9-10,16-17,22H,7-8,11-13H2,1-2H3,(H,25,29)(H,26,27,31,32);1-6,13-14,17,24H,7-10,19H2,(H,21,22,25,26);1-2,5-6,8,14H,3-4H2,(H2,11,12,15);1-2,5-6,8,13H,3-4H2,(H,11,14,15);1-4,10H,5H2/t2*16-,17+,22+;13-,14+,17+;2*5-,6+,8+;/m00000./s1/i24TD;2TD;19TD;;;/tm;2?,16-,17+,22+;m;;;. The van der Waals surface area contributed by atoms with Gasteiger partial charge < -0.3 is 99.0 Å². The van der Waals surface area contributed by atoms with Crippen LogP contribution >= 0.6 is 35.7 Å². The number of methoxy groups -OCH3 is 1. The molecular weight excluding hydrogens is 1970 g/mol. The van der Waals surface area contributed by atoms with Gasteiger partial charge >= 0.3 is 40.4 Å². The zero-order valence-electron chi connectivity index (χ0n) is 82.8. The molecule has 5 aliphatic heterocycles. The number of carbonyl (C=O) groups excluding carboxylic acids is 8. The molecule has 0 spiro atoms. The van der Waals surface area contributed by atoms with Gasteiger partial charge in [0, 0.05) is 125 Å². The van der Waals surface area contributed by atoms with Gasteiger partial charge in [-0.1, -0.05) is 48.5 Å². The van der Waals surface area contributed by atoms with Crippen LogP contribution in [0.2, 0.25) is 0 Å². The molecule has 16 atom stereocenters. The summed E-state index contributed by atoms with van der Waals surface area (Å²) in [5.41, 5.74) is 5.27. The molecule has 774 valence electrons. The van der Waals surface area contributed by atoms with Crippen LogP contribution < -0.4 is 66.3 Å². The van der Waals surface area contributed by atoms with Crippen LogP contribution in [0.5, 0.6) is 0 Å². The fraction of sp³-hybridized carbons (Fsp3) is 0.422. The van der Waals surface area contributed by atoms with Gasteiger partial charge in [-0.25, -0.2) is 45.9 Å². The molecule has 5 fully saturated rings. The summed E-state index contributed by atoms with van der Waals surface area (Å²) in [7, 11) is -0.611. The third kappa shape index (κ3) is 35.3. The lowest BCUT2D eigenvalue weighted by Crippen LogP contribution is -2.34. The number of aromatic amines is 1. The van der Waals surface area contributed by atoms with E-state index in [1.165, 1.54) is 106 Å². The van der Waals surface area contributed by atoms with Crippen molar-refractivity contribution in [3.8, 4) is 0 Å². The number of rotatable bonds is 38. The van der Waals surface area contributed by atoms with Gasteiger partial charge in [0.05, 0.1) is 92.4 Å². The molecule has 12 N–H and O–H groups in total. The van der Waals surface area contributed by atoms with Crippen LogP contribution in [-0.2, 0) is 91.9 Å². The van der Waals surface area contributed by atoms with Crippen molar-refractivity contribution in [2.75, 3.05) is 87.2 Å². The number of nitrogens with one attached hydrogen (secondary N) is 6. The molecule has 4 aromatic carbocycles. The molecule has 5 saturated heterocycles. The molecule has 5 aromatic heterocycles. The van der Waals surface area contributed by atoms with Crippen LogP contribution in [0.1, 0.15) is 155 Å². The number of aliphatic hydroxyl groups is 4. The number of H-pyrrole nitrogens is 1. The first-order chi connectivity index (χ1) is 71.6. The highest BCUT2D eigenvalue weighted by molar-refractivity contribution is 7.95. The number of anilines is 4. The molecule has 54 heteroatoms. The summed E-state index contributed by atoms with van der Waals surface area (Å²) in [5, 5.41) is 47.2. The third-order valence-electron chi connectivity index (χ3n) is 21.1. The van der Waals surface area contributed by atoms with E-state index < -0.39 is 184 Å². The van der Waals surface area contributed by atoms with Gasteiger partial charge in [-0.2, -0.15) is 19.9 Å². The zero-order chi connectivity index (χ0) is 109. The molecule has 1 unspecified atom stereocenters. The number of ether oxygens (including phenoxy) is 8. The summed E-state index contributed by atoms with van der Waals surface area (Å²) in [5.74, 6) is -3.10. The number of nitrogens with two attached hydrogens (primary N) is 1. The monoisotopic (exact) mass is 2080 g/mol. The molecule has 14 rings (SSSR count). The minimum absolute atomic E-state index is 0.00649. The molecular formula is C90H106B2ClF5N16O28S2. The van der Waals surface area contributed by atoms with E-state index >= 15 is 0 Å². The van der Waals surface area contributed by atoms with Gasteiger partial charge in [0.1, 0.15) is 82.9 Å². The average Bonchev–Trinajstić information content (AvgIpc) is 1.63. The van der Waals surface area contributed by atoms with Crippen LogP contribution in [0, 0.1) is 0 Å². The van der Waals surface area contributed by atoms with E-state index in [2.05, 4.69) is 46.5 Å². The predicted molar refractivity (Wildman–Crippen MR) is 515 cm³/mol. The van der Waals surface area contributed by atoms with E-state index in [1.54, 1.807) is 60.7 Å². The number of alkyl halides is 5. The van der Waals surface area contributed by atoms with Crippen molar-refractivity contribution >= 4 is 121 Å². The normalized spacial score (nSPS) is 21.8. The highest BCUT2D eigenvalue weighted by Crippen LogP contribution is 2.36. The smallest absolute Gasteiger partial charge is 0.351 e. The molecule has 0 aliphatic carbocycles. The number of hydrogen-bond acceptors (Lipinski definition) is 35. The summed E-state index contributed by atoms with van der Waals surface area (Å²) in [6.45, 7) is -0.793. The van der Waals surface area contributed by atoms with Crippen molar-refractivity contribution in [3.63, 3.8) is 0 Å². The number of benzene rings is 4. The summed E-state index contributed by atoms with van der Waals surface area (Å²) >= 11 is 7.08. The average molecular weight is 2090 g/mol. The first-order valence-corrected chi connectivity index (χ1v) is 46.1.